The summed E-state index contributed by atoms with van der Waals surface area (Å²) in [7, 11) is 0. The molecule has 3 aliphatic carbocycles. The van der Waals surface area contributed by atoms with Crippen LogP contribution < -0.4 is 0 Å². The monoisotopic (exact) mass is 766 g/mol. The number of benzene rings is 7. The van der Waals surface area contributed by atoms with Crippen molar-refractivity contribution in [2.24, 2.45) is 0 Å². The first-order valence-corrected chi connectivity index (χ1v) is 20.6. The van der Waals surface area contributed by atoms with E-state index in [2.05, 4.69) is 159 Å². The minimum absolute atomic E-state index is 0.273. The molecule has 0 radical (unpaired) electrons. The van der Waals surface area contributed by atoms with Gasteiger partial charge in [0.15, 0.2) is 0 Å². The average Bonchev–Trinajstić information content (AvgIpc) is 3.70. The third kappa shape index (κ3) is 6.17. The lowest BCUT2D eigenvalue weighted by molar-refractivity contribution is 0.259. The van der Waals surface area contributed by atoms with Crippen molar-refractivity contribution < 1.29 is 8.78 Å². The SMILES string of the molecule is CC1=C(/C(C2=CCC(C)(F)C=C2)=C(\C)c2ccc(F)cc2)C2(c3ccc(-c4ccc(Cc5ccc(-c6ccccc6)cc5)cc4)cc31)c1ccccc1-c1ccccc12. The van der Waals surface area contributed by atoms with E-state index in [1.807, 2.05) is 24.3 Å². The molecule has 1 unspecified atom stereocenters. The second-order valence-corrected chi connectivity index (χ2v) is 16.5. The van der Waals surface area contributed by atoms with Gasteiger partial charge >= 0.3 is 0 Å². The topological polar surface area (TPSA) is 0 Å². The number of fused-ring (bicyclic) bond motifs is 7. The minimum atomic E-state index is -1.43. The fraction of sp³-hybridized carbons (Fsp3) is 0.123. The Balaban J connectivity index is 1.12. The quantitative estimate of drug-likeness (QED) is 0.152. The maximum absolute atomic E-state index is 15.4. The minimum Gasteiger partial charge on any atom is -0.239 e. The molecule has 3 aliphatic rings. The summed E-state index contributed by atoms with van der Waals surface area (Å²) >= 11 is 0. The Hall–Kier alpha value is -6.64. The summed E-state index contributed by atoms with van der Waals surface area (Å²) in [5.74, 6) is -0.273. The Kier molecular flexibility index (Phi) is 8.91. The maximum Gasteiger partial charge on any atom is 0.130 e. The Bertz CT molecular complexity index is 2840. The molecular weight excluding hydrogens is 723 g/mol. The van der Waals surface area contributed by atoms with Crippen LogP contribution in [0.1, 0.15) is 66.1 Å². The molecule has 59 heavy (non-hydrogen) atoms. The van der Waals surface area contributed by atoms with Crippen molar-refractivity contribution in [3.05, 3.63) is 250 Å². The predicted octanol–water partition coefficient (Wildman–Crippen LogP) is 14.9. The largest absolute Gasteiger partial charge is 0.239 e. The van der Waals surface area contributed by atoms with Crippen LogP contribution in [0.4, 0.5) is 8.78 Å². The van der Waals surface area contributed by atoms with Crippen LogP contribution in [-0.2, 0) is 11.8 Å². The van der Waals surface area contributed by atoms with Gasteiger partial charge in [-0.05, 0) is 152 Å². The molecule has 0 saturated carbocycles. The fourth-order valence-corrected chi connectivity index (χ4v) is 9.86. The molecule has 0 amide bonds. The lowest BCUT2D eigenvalue weighted by atomic mass is 9.65. The summed E-state index contributed by atoms with van der Waals surface area (Å²) in [5, 5.41) is 0. The normalized spacial score (nSPS) is 17.7. The van der Waals surface area contributed by atoms with Crippen LogP contribution in [0.15, 0.2) is 205 Å². The molecule has 2 heteroatoms. The molecule has 1 spiro atoms. The van der Waals surface area contributed by atoms with E-state index in [0.29, 0.717) is 0 Å². The van der Waals surface area contributed by atoms with Gasteiger partial charge in [-0.3, -0.25) is 0 Å². The smallest absolute Gasteiger partial charge is 0.130 e. The molecule has 0 aliphatic heterocycles. The van der Waals surface area contributed by atoms with Gasteiger partial charge in [-0.1, -0.05) is 164 Å². The molecule has 0 nitrogen and oxygen atoms in total. The molecule has 0 bridgehead atoms. The molecule has 7 aromatic rings. The number of halogens is 2. The Labute approximate surface area is 346 Å². The van der Waals surface area contributed by atoms with Crippen LogP contribution in [0.2, 0.25) is 0 Å². The van der Waals surface area contributed by atoms with Crippen molar-refractivity contribution >= 4 is 11.1 Å². The van der Waals surface area contributed by atoms with Crippen molar-refractivity contribution in [3.8, 4) is 33.4 Å². The van der Waals surface area contributed by atoms with Crippen LogP contribution >= 0.6 is 0 Å². The van der Waals surface area contributed by atoms with Gasteiger partial charge in [-0.2, -0.15) is 0 Å². The summed E-state index contributed by atoms with van der Waals surface area (Å²) in [5.41, 5.74) is 19.0. The lowest BCUT2D eigenvalue weighted by Crippen LogP contribution is -2.29. The van der Waals surface area contributed by atoms with E-state index in [9.17, 15) is 4.39 Å². The highest BCUT2D eigenvalue weighted by molar-refractivity contribution is 6.00. The van der Waals surface area contributed by atoms with Gasteiger partial charge < -0.3 is 0 Å². The molecule has 1 atom stereocenters. The number of hydrogen-bond acceptors (Lipinski definition) is 0. The molecule has 0 aromatic heterocycles. The number of rotatable bonds is 7. The zero-order valence-electron chi connectivity index (χ0n) is 33.6. The summed E-state index contributed by atoms with van der Waals surface area (Å²) in [6.45, 7) is 6.02. The standard InChI is InChI=1S/C57H44F2/c1-37(41-25-28-47(58)29-26-41)54(45-31-33-56(3,59)34-32-45)55-38(2)50-36-46(27-30-53(50)57(55)51-15-9-7-13-48(51)49-14-8-10-16-52(49)57)44-23-19-40(20-24-44)35-39-17-21-43(22-18-39)42-11-5-4-6-12-42/h4-33,36H,34-35H2,1-3H3/b54-37+. The van der Waals surface area contributed by atoms with Gasteiger partial charge in [0.2, 0.25) is 0 Å². The second-order valence-electron chi connectivity index (χ2n) is 16.5. The molecule has 0 N–H and O–H groups in total. The maximum atomic E-state index is 15.4. The summed E-state index contributed by atoms with van der Waals surface area (Å²) in [6, 6.07) is 59.8. The van der Waals surface area contributed by atoms with Gasteiger partial charge in [0.05, 0.1) is 5.41 Å². The van der Waals surface area contributed by atoms with Crippen molar-refractivity contribution in [2.75, 3.05) is 0 Å². The molecule has 286 valence electrons. The van der Waals surface area contributed by atoms with E-state index in [0.717, 1.165) is 39.8 Å². The summed E-state index contributed by atoms with van der Waals surface area (Å²) < 4.78 is 29.8. The summed E-state index contributed by atoms with van der Waals surface area (Å²) in [6.07, 6.45) is 6.85. The van der Waals surface area contributed by atoms with Crippen molar-refractivity contribution in [2.45, 2.75) is 44.7 Å². The highest BCUT2D eigenvalue weighted by atomic mass is 19.1. The third-order valence-corrected chi connectivity index (χ3v) is 12.8. The zero-order chi connectivity index (χ0) is 40.3. The first kappa shape index (κ1) is 36.7. The van der Waals surface area contributed by atoms with Crippen LogP contribution in [0, 0.1) is 5.82 Å². The lowest BCUT2D eigenvalue weighted by Gasteiger charge is -2.36. The van der Waals surface area contributed by atoms with E-state index < -0.39 is 11.1 Å². The van der Waals surface area contributed by atoms with Gasteiger partial charge in [0.25, 0.3) is 0 Å². The summed E-state index contributed by atoms with van der Waals surface area (Å²) in [4.78, 5) is 0. The Morgan fingerprint density at radius 3 is 1.69 bits per heavy atom. The predicted molar refractivity (Wildman–Crippen MR) is 241 cm³/mol. The van der Waals surface area contributed by atoms with E-state index in [1.165, 1.54) is 78.9 Å². The van der Waals surface area contributed by atoms with E-state index in [1.54, 1.807) is 13.0 Å². The molecule has 0 fully saturated rings. The molecule has 7 aromatic carbocycles. The van der Waals surface area contributed by atoms with E-state index in [4.69, 9.17) is 0 Å². The molecule has 0 saturated heterocycles. The van der Waals surface area contributed by atoms with Gasteiger partial charge in [0, 0.05) is 6.42 Å². The fourth-order valence-electron chi connectivity index (χ4n) is 9.86. The van der Waals surface area contributed by atoms with Crippen molar-refractivity contribution in [1.29, 1.82) is 0 Å². The van der Waals surface area contributed by atoms with Crippen molar-refractivity contribution in [1.82, 2.24) is 0 Å². The number of hydrogen-bond donors (Lipinski definition) is 0. The molecule has 10 rings (SSSR count). The van der Waals surface area contributed by atoms with Gasteiger partial charge in [0.1, 0.15) is 11.5 Å². The van der Waals surface area contributed by atoms with Crippen molar-refractivity contribution in [3.63, 3.8) is 0 Å². The van der Waals surface area contributed by atoms with Crippen LogP contribution in [0.5, 0.6) is 0 Å². The first-order chi connectivity index (χ1) is 28.7. The highest BCUT2D eigenvalue weighted by Gasteiger charge is 2.53. The Morgan fingerprint density at radius 2 is 1.10 bits per heavy atom. The van der Waals surface area contributed by atoms with Gasteiger partial charge in [-0.25, -0.2) is 8.78 Å². The van der Waals surface area contributed by atoms with Gasteiger partial charge in [-0.15, -0.1) is 0 Å². The zero-order valence-corrected chi connectivity index (χ0v) is 33.6. The van der Waals surface area contributed by atoms with E-state index in [-0.39, 0.29) is 12.2 Å². The molecule has 0 heterocycles. The average molecular weight is 767 g/mol. The van der Waals surface area contributed by atoms with Crippen LogP contribution in [0.25, 0.3) is 44.5 Å². The second kappa shape index (κ2) is 14.3. The van der Waals surface area contributed by atoms with Crippen LogP contribution in [-0.4, -0.2) is 5.67 Å². The van der Waals surface area contributed by atoms with Crippen LogP contribution in [0.3, 0.4) is 0 Å². The third-order valence-electron chi connectivity index (χ3n) is 12.8. The Morgan fingerprint density at radius 1 is 0.576 bits per heavy atom. The number of allylic oxidation sites excluding steroid dienone is 8. The first-order valence-electron chi connectivity index (χ1n) is 20.6. The van der Waals surface area contributed by atoms with E-state index >= 15 is 4.39 Å². The highest BCUT2D eigenvalue weighted by Crippen LogP contribution is 2.64. The number of alkyl halides is 1. The molecular formula is C57H44F2.